The minimum Gasteiger partial charge on any atom is -0.481 e. The van der Waals surface area contributed by atoms with Crippen molar-refractivity contribution >= 4 is 17.9 Å². The first-order valence-corrected chi connectivity index (χ1v) is 6.99. The van der Waals surface area contributed by atoms with Gasteiger partial charge in [0.2, 0.25) is 5.91 Å². The maximum absolute atomic E-state index is 12.4. The maximum Gasteiger partial charge on any atom is 0.320 e. The Morgan fingerprint density at radius 1 is 1.33 bits per heavy atom. The number of amides is 3. The Bertz CT molecular complexity index is 400. The molecule has 2 N–H and O–H groups in total. The number of aliphatic carboxylic acids is 1. The lowest BCUT2D eigenvalue weighted by molar-refractivity contribution is -0.142. The molecule has 1 fully saturated rings. The smallest absolute Gasteiger partial charge is 0.320 e. The van der Waals surface area contributed by atoms with E-state index in [-0.39, 0.29) is 12.5 Å². The van der Waals surface area contributed by atoms with E-state index in [0.29, 0.717) is 19.6 Å². The fraction of sp³-hybridized carbons (Fsp3) is 0.769. The number of nitrogens with zero attached hydrogens (tertiary/aromatic N) is 3. The summed E-state index contributed by atoms with van der Waals surface area (Å²) < 4.78 is 0. The lowest BCUT2D eigenvalue weighted by Gasteiger charge is -2.36. The van der Waals surface area contributed by atoms with Crippen LogP contribution in [0.2, 0.25) is 0 Å². The summed E-state index contributed by atoms with van der Waals surface area (Å²) in [6, 6.07) is -1.23. The molecule has 1 saturated heterocycles. The summed E-state index contributed by atoms with van der Waals surface area (Å²) in [5, 5.41) is 11.5. The molecule has 0 bridgehead atoms. The molecule has 8 nitrogen and oxygen atoms in total. The van der Waals surface area contributed by atoms with E-state index in [1.165, 1.54) is 9.80 Å². The summed E-state index contributed by atoms with van der Waals surface area (Å²) >= 11 is 0. The van der Waals surface area contributed by atoms with Crippen LogP contribution >= 0.6 is 0 Å². The van der Waals surface area contributed by atoms with Crippen molar-refractivity contribution in [1.82, 2.24) is 20.0 Å². The lowest BCUT2D eigenvalue weighted by atomic mass is 10.1. The Hall–Kier alpha value is -1.83. The summed E-state index contributed by atoms with van der Waals surface area (Å²) in [6.45, 7) is 2.11. The van der Waals surface area contributed by atoms with Gasteiger partial charge in [-0.05, 0) is 27.1 Å². The Morgan fingerprint density at radius 3 is 2.57 bits per heavy atom. The summed E-state index contributed by atoms with van der Waals surface area (Å²) in [5.41, 5.74) is 0. The number of nitrogens with one attached hydrogen (secondary N) is 1. The minimum atomic E-state index is -1.09. The van der Waals surface area contributed by atoms with Gasteiger partial charge in [0.25, 0.3) is 0 Å². The third-order valence-corrected chi connectivity index (χ3v) is 3.37. The lowest BCUT2D eigenvalue weighted by Crippen LogP contribution is -2.60. The van der Waals surface area contributed by atoms with E-state index >= 15 is 0 Å². The fourth-order valence-electron chi connectivity index (χ4n) is 2.25. The van der Waals surface area contributed by atoms with Crippen LogP contribution in [0.5, 0.6) is 0 Å². The largest absolute Gasteiger partial charge is 0.481 e. The summed E-state index contributed by atoms with van der Waals surface area (Å²) in [5.74, 6) is -1.50. The molecule has 0 aromatic rings. The molecule has 1 unspecified atom stereocenters. The first-order chi connectivity index (χ1) is 9.82. The van der Waals surface area contributed by atoms with Gasteiger partial charge in [0.15, 0.2) is 0 Å². The second-order valence-corrected chi connectivity index (χ2v) is 5.46. The zero-order valence-electron chi connectivity index (χ0n) is 12.8. The van der Waals surface area contributed by atoms with E-state index in [1.807, 2.05) is 19.0 Å². The number of carboxylic acids is 1. The second kappa shape index (κ2) is 7.82. The number of rotatable bonds is 6. The van der Waals surface area contributed by atoms with Crippen LogP contribution in [0.15, 0.2) is 0 Å². The molecule has 21 heavy (non-hydrogen) atoms. The molecule has 0 aliphatic carbocycles. The Kier molecular flexibility index (Phi) is 6.41. The number of carbonyl (C=O) groups excluding carboxylic acids is 2. The highest BCUT2D eigenvalue weighted by molar-refractivity contribution is 5.91. The van der Waals surface area contributed by atoms with Crippen LogP contribution in [0.4, 0.5) is 4.79 Å². The average molecular weight is 300 g/mol. The Labute approximate surface area is 124 Å². The van der Waals surface area contributed by atoms with Gasteiger partial charge in [0.1, 0.15) is 6.04 Å². The average Bonchev–Trinajstić information content (AvgIpc) is 2.39. The zero-order chi connectivity index (χ0) is 16.0. The highest BCUT2D eigenvalue weighted by Gasteiger charge is 2.35. The molecule has 0 aromatic heterocycles. The van der Waals surface area contributed by atoms with Crippen molar-refractivity contribution in [2.24, 2.45) is 0 Å². The maximum atomic E-state index is 12.4. The van der Waals surface area contributed by atoms with Crippen molar-refractivity contribution in [3.05, 3.63) is 0 Å². The normalized spacial score (nSPS) is 18.6. The standard InChI is InChI=1S/C13H24N4O4/c1-15(2)6-4-7-16(3)13(21)17-8-5-14-12(20)10(17)9-11(18)19/h10H,4-9H2,1-3H3,(H,14,20)(H,18,19). The van der Waals surface area contributed by atoms with Crippen LogP contribution in [0, 0.1) is 0 Å². The molecule has 1 heterocycles. The highest BCUT2D eigenvalue weighted by atomic mass is 16.4. The first kappa shape index (κ1) is 17.2. The first-order valence-electron chi connectivity index (χ1n) is 6.99. The van der Waals surface area contributed by atoms with Crippen molar-refractivity contribution in [2.45, 2.75) is 18.9 Å². The van der Waals surface area contributed by atoms with E-state index in [1.54, 1.807) is 7.05 Å². The fourth-order valence-corrected chi connectivity index (χ4v) is 2.25. The van der Waals surface area contributed by atoms with Crippen LogP contribution in [0.3, 0.4) is 0 Å². The Balaban J connectivity index is 2.63. The topological polar surface area (TPSA) is 93.2 Å². The molecule has 0 spiro atoms. The van der Waals surface area contributed by atoms with Gasteiger partial charge >= 0.3 is 12.0 Å². The molecule has 1 aliphatic rings. The third kappa shape index (κ3) is 5.22. The number of carboxylic acid groups (broad SMARTS) is 1. The molecule has 0 aromatic carbocycles. The molecule has 120 valence electrons. The summed E-state index contributed by atoms with van der Waals surface area (Å²) in [7, 11) is 5.59. The van der Waals surface area contributed by atoms with Crippen molar-refractivity contribution in [3.8, 4) is 0 Å². The molecule has 1 rings (SSSR count). The monoisotopic (exact) mass is 300 g/mol. The molecule has 0 saturated carbocycles. The van der Waals surface area contributed by atoms with Crippen molar-refractivity contribution in [2.75, 3.05) is 47.3 Å². The third-order valence-electron chi connectivity index (χ3n) is 3.37. The SMILES string of the molecule is CN(C)CCCN(C)C(=O)N1CCNC(=O)C1CC(=O)O. The van der Waals surface area contributed by atoms with Crippen LogP contribution in [0.25, 0.3) is 0 Å². The molecular formula is C13H24N4O4. The second-order valence-electron chi connectivity index (χ2n) is 5.46. The molecule has 1 atom stereocenters. The van der Waals surface area contributed by atoms with E-state index in [4.69, 9.17) is 5.11 Å². The Morgan fingerprint density at radius 2 is 2.00 bits per heavy atom. The van der Waals surface area contributed by atoms with Gasteiger partial charge in [0.05, 0.1) is 6.42 Å². The predicted molar refractivity (Wildman–Crippen MR) is 77.0 cm³/mol. The van der Waals surface area contributed by atoms with Gasteiger partial charge in [-0.2, -0.15) is 0 Å². The molecule has 3 amide bonds. The number of piperazine rings is 1. The van der Waals surface area contributed by atoms with E-state index in [2.05, 4.69) is 5.32 Å². The van der Waals surface area contributed by atoms with Crippen molar-refractivity contribution < 1.29 is 19.5 Å². The van der Waals surface area contributed by atoms with Crippen LogP contribution in [-0.2, 0) is 9.59 Å². The van der Waals surface area contributed by atoms with E-state index in [0.717, 1.165) is 13.0 Å². The highest BCUT2D eigenvalue weighted by Crippen LogP contribution is 2.12. The van der Waals surface area contributed by atoms with Gasteiger partial charge < -0.3 is 25.1 Å². The van der Waals surface area contributed by atoms with Gasteiger partial charge in [-0.3, -0.25) is 9.59 Å². The number of carbonyl (C=O) groups is 3. The van der Waals surface area contributed by atoms with Gasteiger partial charge in [0, 0.05) is 26.7 Å². The summed E-state index contributed by atoms with van der Waals surface area (Å²) in [6.07, 6.45) is 0.446. The number of hydrogen-bond donors (Lipinski definition) is 2. The van der Waals surface area contributed by atoms with Crippen LogP contribution in [-0.4, -0.2) is 91.1 Å². The van der Waals surface area contributed by atoms with E-state index < -0.39 is 17.9 Å². The van der Waals surface area contributed by atoms with Crippen molar-refractivity contribution in [1.29, 1.82) is 0 Å². The van der Waals surface area contributed by atoms with Gasteiger partial charge in [-0.1, -0.05) is 0 Å². The van der Waals surface area contributed by atoms with Crippen LogP contribution < -0.4 is 5.32 Å². The summed E-state index contributed by atoms with van der Waals surface area (Å²) in [4.78, 5) is 39.9. The molecule has 8 heteroatoms. The van der Waals surface area contributed by atoms with E-state index in [9.17, 15) is 14.4 Å². The zero-order valence-corrected chi connectivity index (χ0v) is 12.8. The molecule has 0 radical (unpaired) electrons. The molecular weight excluding hydrogens is 276 g/mol. The van der Waals surface area contributed by atoms with Gasteiger partial charge in [-0.25, -0.2) is 4.79 Å². The predicted octanol–water partition coefficient (Wildman–Crippen LogP) is -0.735. The minimum absolute atomic E-state index is 0.296. The number of hydrogen-bond acceptors (Lipinski definition) is 4. The van der Waals surface area contributed by atoms with Gasteiger partial charge in [-0.15, -0.1) is 0 Å². The quantitative estimate of drug-likeness (QED) is 0.674. The van der Waals surface area contributed by atoms with Crippen LogP contribution in [0.1, 0.15) is 12.8 Å². The molecule has 1 aliphatic heterocycles. The van der Waals surface area contributed by atoms with Crippen molar-refractivity contribution in [3.63, 3.8) is 0 Å². The number of urea groups is 1.